The number of nitrogens with zero attached hydrogens (tertiary/aromatic N) is 3. The van der Waals surface area contributed by atoms with E-state index in [0.29, 0.717) is 23.0 Å². The maximum atomic E-state index is 13.5. The molecule has 2 aliphatic heterocycles. The highest BCUT2D eigenvalue weighted by Crippen LogP contribution is 2.38. The number of rotatable bonds is 6. The minimum Gasteiger partial charge on any atom is -0.497 e. The van der Waals surface area contributed by atoms with E-state index in [2.05, 4.69) is 10.3 Å². The Morgan fingerprint density at radius 3 is 2.46 bits per heavy atom. The highest BCUT2D eigenvalue weighted by atomic mass is 32.2. The average Bonchev–Trinajstić information content (AvgIpc) is 3.49. The summed E-state index contributed by atoms with van der Waals surface area (Å²) >= 11 is 1.24. The highest BCUT2D eigenvalue weighted by Gasteiger charge is 2.39. The summed E-state index contributed by atoms with van der Waals surface area (Å²) in [4.78, 5) is 29.7. The lowest BCUT2D eigenvalue weighted by molar-refractivity contribution is -0.121. The summed E-state index contributed by atoms with van der Waals surface area (Å²) in [5.41, 5.74) is 4.38. The van der Waals surface area contributed by atoms with Gasteiger partial charge in [-0.1, -0.05) is 53.7 Å². The molecule has 0 bridgehead atoms. The molecule has 2 unspecified atom stereocenters. The molecule has 3 aromatic rings. The number of aryl methyl sites for hydroxylation is 1. The fourth-order valence-electron chi connectivity index (χ4n) is 4.21. The molecule has 5 rings (SSSR count). The molecule has 1 N–H and O–H groups in total. The molecule has 0 saturated heterocycles. The van der Waals surface area contributed by atoms with Gasteiger partial charge in [0.15, 0.2) is 5.17 Å². The van der Waals surface area contributed by atoms with Crippen LogP contribution >= 0.6 is 11.8 Å². The molecule has 0 aliphatic carbocycles. The van der Waals surface area contributed by atoms with Crippen LogP contribution in [0.15, 0.2) is 82.9 Å². The molecular weight excluding hydrogens is 491 g/mol. The number of benzene rings is 3. The second-order valence-corrected chi connectivity index (χ2v) is 10.0. The highest BCUT2D eigenvalue weighted by molar-refractivity contribution is 8.15. The molecule has 2 aliphatic rings. The first kappa shape index (κ1) is 24.7. The SMILES string of the molecule is COc1ccc(NC(=O)CC2SC(N3N=C(c4ccc(F)cc4)CC3c3ccc(C)cc3)=NC2=O)cc1. The van der Waals surface area contributed by atoms with E-state index in [1.807, 2.05) is 31.2 Å². The van der Waals surface area contributed by atoms with Crippen molar-refractivity contribution in [2.75, 3.05) is 12.4 Å². The predicted octanol–water partition coefficient (Wildman–Crippen LogP) is 5.32. The second kappa shape index (κ2) is 10.6. The van der Waals surface area contributed by atoms with Gasteiger partial charge in [-0.25, -0.2) is 9.40 Å². The van der Waals surface area contributed by atoms with Crippen molar-refractivity contribution in [3.05, 3.63) is 95.3 Å². The van der Waals surface area contributed by atoms with Gasteiger partial charge in [0.25, 0.3) is 5.91 Å². The van der Waals surface area contributed by atoms with E-state index in [0.717, 1.165) is 22.4 Å². The Balaban J connectivity index is 1.33. The molecule has 2 heterocycles. The summed E-state index contributed by atoms with van der Waals surface area (Å²) in [5, 5.41) is 9.18. The maximum Gasteiger partial charge on any atom is 0.262 e. The van der Waals surface area contributed by atoms with Crippen molar-refractivity contribution in [2.45, 2.75) is 31.1 Å². The number of amidine groups is 1. The zero-order chi connectivity index (χ0) is 25.9. The number of carbonyl (C=O) groups is 2. The lowest BCUT2D eigenvalue weighted by Gasteiger charge is -2.23. The summed E-state index contributed by atoms with van der Waals surface area (Å²) in [6, 6.07) is 21.2. The fourth-order valence-corrected chi connectivity index (χ4v) is 5.27. The van der Waals surface area contributed by atoms with Crippen molar-refractivity contribution in [2.24, 2.45) is 10.1 Å². The second-order valence-electron chi connectivity index (χ2n) is 8.85. The Hall–Kier alpha value is -3.98. The van der Waals surface area contributed by atoms with Crippen LogP contribution in [0.4, 0.5) is 10.1 Å². The Morgan fingerprint density at radius 2 is 1.78 bits per heavy atom. The molecule has 0 aromatic heterocycles. The Bertz CT molecular complexity index is 1370. The summed E-state index contributed by atoms with van der Waals surface area (Å²) < 4.78 is 18.6. The molecule has 0 saturated carbocycles. The van der Waals surface area contributed by atoms with Crippen molar-refractivity contribution in [3.63, 3.8) is 0 Å². The number of hydrogen-bond acceptors (Lipinski definition) is 6. The van der Waals surface area contributed by atoms with Gasteiger partial charge in [-0.2, -0.15) is 10.1 Å². The first-order valence-corrected chi connectivity index (χ1v) is 12.7. The van der Waals surface area contributed by atoms with Crippen LogP contribution in [0.25, 0.3) is 0 Å². The normalized spacial score (nSPS) is 19.0. The molecule has 0 fully saturated rings. The van der Waals surface area contributed by atoms with Crippen molar-refractivity contribution < 1.29 is 18.7 Å². The van der Waals surface area contributed by atoms with Crippen LogP contribution in [0.3, 0.4) is 0 Å². The van der Waals surface area contributed by atoms with Crippen LogP contribution in [0.2, 0.25) is 0 Å². The van der Waals surface area contributed by atoms with Gasteiger partial charge < -0.3 is 10.1 Å². The molecule has 7 nitrogen and oxygen atoms in total. The predicted molar refractivity (Wildman–Crippen MR) is 143 cm³/mol. The van der Waals surface area contributed by atoms with Crippen LogP contribution in [0.1, 0.15) is 35.6 Å². The van der Waals surface area contributed by atoms with Gasteiger partial charge >= 0.3 is 0 Å². The smallest absolute Gasteiger partial charge is 0.262 e. The first-order chi connectivity index (χ1) is 17.9. The number of hydrogen-bond donors (Lipinski definition) is 1. The van der Waals surface area contributed by atoms with Gasteiger partial charge in [-0.15, -0.1) is 0 Å². The molecule has 3 aromatic carbocycles. The number of hydrazone groups is 1. The van der Waals surface area contributed by atoms with Gasteiger partial charge in [0.2, 0.25) is 5.91 Å². The number of carbonyl (C=O) groups excluding carboxylic acids is 2. The topological polar surface area (TPSA) is 83.4 Å². The minimum absolute atomic E-state index is 0.0138. The van der Waals surface area contributed by atoms with E-state index in [1.165, 1.54) is 23.9 Å². The standard InChI is InChI=1S/C28H25FN4O3S/c1-17-3-5-19(6-4-17)24-15-23(18-7-9-20(29)10-8-18)32-33(24)28-31-27(35)25(37-28)16-26(34)30-21-11-13-22(36-2)14-12-21/h3-14,24-25H,15-16H2,1-2H3,(H,30,34). The number of aliphatic imine (C=N–C) groups is 1. The third-order valence-corrected chi connectivity index (χ3v) is 7.36. The Kier molecular flexibility index (Phi) is 7.05. The molecule has 2 amide bonds. The zero-order valence-electron chi connectivity index (χ0n) is 20.3. The van der Waals surface area contributed by atoms with Gasteiger partial charge in [0.05, 0.1) is 18.9 Å². The lowest BCUT2D eigenvalue weighted by Crippen LogP contribution is -2.25. The summed E-state index contributed by atoms with van der Waals surface area (Å²) in [7, 11) is 1.57. The van der Waals surface area contributed by atoms with Crippen LogP contribution in [0, 0.1) is 12.7 Å². The van der Waals surface area contributed by atoms with Crippen LogP contribution < -0.4 is 10.1 Å². The van der Waals surface area contributed by atoms with E-state index in [9.17, 15) is 14.0 Å². The van der Waals surface area contributed by atoms with Gasteiger partial charge in [0, 0.05) is 18.5 Å². The monoisotopic (exact) mass is 516 g/mol. The molecule has 188 valence electrons. The number of methoxy groups -OCH3 is 1. The molecule has 9 heteroatoms. The third-order valence-electron chi connectivity index (χ3n) is 6.22. The molecule has 37 heavy (non-hydrogen) atoms. The summed E-state index contributed by atoms with van der Waals surface area (Å²) in [6.07, 6.45) is 0.561. The van der Waals surface area contributed by atoms with E-state index < -0.39 is 5.25 Å². The van der Waals surface area contributed by atoms with Crippen molar-refractivity contribution >= 4 is 40.1 Å². The molecule has 2 atom stereocenters. The number of ether oxygens (including phenoxy) is 1. The Labute approximate surface area is 218 Å². The number of amides is 2. The van der Waals surface area contributed by atoms with E-state index in [1.54, 1.807) is 48.5 Å². The number of nitrogens with one attached hydrogen (secondary N) is 1. The molecule has 0 spiro atoms. The van der Waals surface area contributed by atoms with Crippen LogP contribution in [-0.4, -0.2) is 40.1 Å². The Morgan fingerprint density at radius 1 is 1.08 bits per heavy atom. The van der Waals surface area contributed by atoms with Crippen LogP contribution in [-0.2, 0) is 9.59 Å². The first-order valence-electron chi connectivity index (χ1n) is 11.8. The van der Waals surface area contributed by atoms with Crippen molar-refractivity contribution in [3.8, 4) is 5.75 Å². The quantitative estimate of drug-likeness (QED) is 0.480. The average molecular weight is 517 g/mol. The number of thioether (sulfide) groups is 1. The summed E-state index contributed by atoms with van der Waals surface area (Å²) in [6.45, 7) is 2.02. The largest absolute Gasteiger partial charge is 0.497 e. The third kappa shape index (κ3) is 5.56. The van der Waals surface area contributed by atoms with Gasteiger partial charge in [-0.05, 0) is 54.4 Å². The van der Waals surface area contributed by atoms with E-state index in [-0.39, 0.29) is 30.1 Å². The van der Waals surface area contributed by atoms with E-state index >= 15 is 0 Å². The van der Waals surface area contributed by atoms with Crippen molar-refractivity contribution in [1.82, 2.24) is 5.01 Å². The van der Waals surface area contributed by atoms with Crippen molar-refractivity contribution in [1.29, 1.82) is 0 Å². The molecular formula is C28H25FN4O3S. The molecule has 0 radical (unpaired) electrons. The summed E-state index contributed by atoms with van der Waals surface area (Å²) in [5.74, 6) is -0.268. The number of halogens is 1. The zero-order valence-corrected chi connectivity index (χ0v) is 21.2. The van der Waals surface area contributed by atoms with Gasteiger partial charge in [0.1, 0.15) is 16.8 Å². The van der Waals surface area contributed by atoms with Gasteiger partial charge in [-0.3, -0.25) is 9.59 Å². The minimum atomic E-state index is -0.642. The fraction of sp³-hybridized carbons (Fsp3) is 0.214. The van der Waals surface area contributed by atoms with Crippen LogP contribution in [0.5, 0.6) is 5.75 Å². The van der Waals surface area contributed by atoms with E-state index in [4.69, 9.17) is 9.84 Å². The number of anilines is 1. The lowest BCUT2D eigenvalue weighted by atomic mass is 9.98. The maximum absolute atomic E-state index is 13.5.